The molecule has 0 fully saturated rings. The van der Waals surface area contributed by atoms with E-state index < -0.39 is 44.9 Å². The summed E-state index contributed by atoms with van der Waals surface area (Å²) in [6.45, 7) is -0.985. The number of ether oxygens (including phenoxy) is 1. The number of aliphatic hydroxyl groups excluding tert-OH is 2. The van der Waals surface area contributed by atoms with Crippen molar-refractivity contribution in [3.8, 4) is 11.5 Å². The van der Waals surface area contributed by atoms with Crippen molar-refractivity contribution in [1.82, 2.24) is 9.55 Å². The van der Waals surface area contributed by atoms with Gasteiger partial charge in [0.2, 0.25) is 0 Å². The predicted octanol–water partition coefficient (Wildman–Crippen LogP) is 2.66. The van der Waals surface area contributed by atoms with Gasteiger partial charge in [-0.3, -0.25) is 9.09 Å². The number of phosphoric ester groups is 1. The van der Waals surface area contributed by atoms with Gasteiger partial charge in [0.15, 0.2) is 6.23 Å². The number of anilines is 1. The highest BCUT2D eigenvalue weighted by molar-refractivity contribution is 7.49. The van der Waals surface area contributed by atoms with E-state index in [0.29, 0.717) is 0 Å². The van der Waals surface area contributed by atoms with E-state index in [4.69, 9.17) is 24.0 Å². The van der Waals surface area contributed by atoms with Crippen LogP contribution in [0, 0.1) is 0 Å². The van der Waals surface area contributed by atoms with Gasteiger partial charge >= 0.3 is 13.5 Å². The van der Waals surface area contributed by atoms with Crippen LogP contribution in [0.5, 0.6) is 11.5 Å². The van der Waals surface area contributed by atoms with Gasteiger partial charge in [-0.05, 0) is 37.3 Å². The molecular weight excluding hydrogens is 484 g/mol. The van der Waals surface area contributed by atoms with Gasteiger partial charge in [0.1, 0.15) is 30.0 Å². The van der Waals surface area contributed by atoms with E-state index >= 15 is 4.39 Å². The summed E-state index contributed by atoms with van der Waals surface area (Å²) in [6, 6.07) is 17.1. The summed E-state index contributed by atoms with van der Waals surface area (Å²) < 4.78 is 51.2. The molecule has 1 heterocycles. The van der Waals surface area contributed by atoms with Gasteiger partial charge in [0, 0.05) is 6.20 Å². The smallest absolute Gasteiger partial charge is 0.395 e. The Morgan fingerprint density at radius 2 is 1.63 bits per heavy atom. The van der Waals surface area contributed by atoms with Crippen LogP contribution in [0.2, 0.25) is 0 Å². The summed E-state index contributed by atoms with van der Waals surface area (Å²) in [5, 5.41) is 19.8. The standard InChI is InChI=1S/C22H25FN3O8P/c1-16(28)22(23,32-20(14-27)26-13-12-19(24)25-21(26)29)15-31-35(30,33-17-8-4-2-5-9-17)34-18-10-6-3-7-11-18/h2-13,16,20,27-28H,14-15H2,1H3,(H2,24,25,29)/t16-,20+,22+/m0/s1. The fraction of sp³-hybridized carbons (Fsp3) is 0.273. The molecule has 0 aliphatic carbocycles. The van der Waals surface area contributed by atoms with Gasteiger partial charge in [-0.25, -0.2) is 13.8 Å². The van der Waals surface area contributed by atoms with Crippen molar-refractivity contribution < 1.29 is 37.5 Å². The molecule has 0 spiro atoms. The maximum Gasteiger partial charge on any atom is 0.587 e. The summed E-state index contributed by atoms with van der Waals surface area (Å²) >= 11 is 0. The molecule has 0 aliphatic heterocycles. The molecule has 35 heavy (non-hydrogen) atoms. The molecule has 3 aromatic rings. The molecule has 0 amide bonds. The van der Waals surface area contributed by atoms with Crippen LogP contribution in [0.15, 0.2) is 77.7 Å². The normalized spacial score (nSPS) is 15.1. The Bertz CT molecular complexity index is 1150. The number of para-hydroxylation sites is 2. The number of halogens is 1. The molecular formula is C22H25FN3O8P. The van der Waals surface area contributed by atoms with Crippen molar-refractivity contribution in [3.05, 3.63) is 83.4 Å². The fourth-order valence-corrected chi connectivity index (χ4v) is 4.00. The van der Waals surface area contributed by atoms with Crippen LogP contribution in [-0.2, 0) is 13.8 Å². The van der Waals surface area contributed by atoms with E-state index in [0.717, 1.165) is 17.7 Å². The summed E-state index contributed by atoms with van der Waals surface area (Å²) in [6.07, 6.45) is -2.35. The van der Waals surface area contributed by atoms with Crippen LogP contribution < -0.4 is 20.5 Å². The third kappa shape index (κ3) is 7.10. The quantitative estimate of drug-likeness (QED) is 0.310. The molecule has 0 aliphatic rings. The first-order valence-electron chi connectivity index (χ1n) is 10.4. The molecule has 13 heteroatoms. The first-order chi connectivity index (χ1) is 16.6. The molecule has 0 bridgehead atoms. The minimum Gasteiger partial charge on any atom is -0.395 e. The van der Waals surface area contributed by atoms with Crippen LogP contribution in [0.1, 0.15) is 13.2 Å². The van der Waals surface area contributed by atoms with E-state index in [-0.39, 0.29) is 17.3 Å². The highest BCUT2D eigenvalue weighted by Gasteiger charge is 2.44. The molecule has 11 nitrogen and oxygen atoms in total. The van der Waals surface area contributed by atoms with E-state index in [2.05, 4.69) is 4.98 Å². The molecule has 188 valence electrons. The third-order valence-electron chi connectivity index (χ3n) is 4.61. The second-order valence-corrected chi connectivity index (χ2v) is 8.81. The number of nitrogens with two attached hydrogens (primary N) is 1. The van der Waals surface area contributed by atoms with Crippen molar-refractivity contribution >= 4 is 13.6 Å². The first-order valence-corrected chi connectivity index (χ1v) is 11.8. The summed E-state index contributed by atoms with van der Waals surface area (Å²) in [7, 11) is -4.53. The molecule has 0 unspecified atom stereocenters. The molecule has 0 saturated heterocycles. The Morgan fingerprint density at radius 1 is 1.09 bits per heavy atom. The molecule has 4 N–H and O–H groups in total. The second-order valence-electron chi connectivity index (χ2n) is 7.29. The lowest BCUT2D eigenvalue weighted by Crippen LogP contribution is -2.47. The van der Waals surface area contributed by atoms with Gasteiger partial charge < -0.3 is 29.7 Å². The van der Waals surface area contributed by atoms with Crippen LogP contribution in [0.25, 0.3) is 0 Å². The van der Waals surface area contributed by atoms with Crippen LogP contribution in [0.4, 0.5) is 10.2 Å². The monoisotopic (exact) mass is 509 g/mol. The summed E-state index contributed by atoms with van der Waals surface area (Å²) in [5.74, 6) is -2.93. The van der Waals surface area contributed by atoms with Gasteiger partial charge in [-0.15, -0.1) is 0 Å². The Balaban J connectivity index is 1.85. The zero-order valence-electron chi connectivity index (χ0n) is 18.6. The largest absolute Gasteiger partial charge is 0.587 e. The summed E-state index contributed by atoms with van der Waals surface area (Å²) in [4.78, 5) is 15.6. The van der Waals surface area contributed by atoms with Gasteiger partial charge in [-0.2, -0.15) is 4.98 Å². The molecule has 3 atom stereocenters. The maximum atomic E-state index is 15.8. The maximum absolute atomic E-state index is 15.8. The van der Waals surface area contributed by atoms with Crippen molar-refractivity contribution in [2.45, 2.75) is 25.1 Å². The predicted molar refractivity (Wildman–Crippen MR) is 123 cm³/mol. The number of aromatic nitrogens is 2. The Hall–Kier alpha value is -3.28. The van der Waals surface area contributed by atoms with E-state index in [1.807, 2.05) is 0 Å². The average Bonchev–Trinajstić information content (AvgIpc) is 2.83. The Kier molecular flexibility index (Phi) is 8.60. The number of hydrogen-bond donors (Lipinski definition) is 3. The highest BCUT2D eigenvalue weighted by atomic mass is 31.2. The second kappa shape index (κ2) is 11.4. The van der Waals surface area contributed by atoms with Gasteiger partial charge in [0.05, 0.1) is 6.61 Å². The lowest BCUT2D eigenvalue weighted by molar-refractivity contribution is -0.264. The third-order valence-corrected chi connectivity index (χ3v) is 5.93. The average molecular weight is 509 g/mol. The van der Waals surface area contributed by atoms with Crippen molar-refractivity contribution in [2.24, 2.45) is 0 Å². The summed E-state index contributed by atoms with van der Waals surface area (Å²) in [5.41, 5.74) is 4.52. The number of hydrogen-bond acceptors (Lipinski definition) is 10. The molecule has 0 saturated carbocycles. The van der Waals surface area contributed by atoms with E-state index in [9.17, 15) is 19.6 Å². The van der Waals surface area contributed by atoms with E-state index in [1.54, 1.807) is 36.4 Å². The van der Waals surface area contributed by atoms with E-state index in [1.165, 1.54) is 30.3 Å². The number of rotatable bonds is 12. The van der Waals surface area contributed by atoms with Gasteiger partial charge in [-0.1, -0.05) is 36.4 Å². The molecule has 1 aromatic heterocycles. The lowest BCUT2D eigenvalue weighted by atomic mass is 10.2. The van der Waals surface area contributed by atoms with Crippen LogP contribution in [-0.4, -0.2) is 44.9 Å². The topological polar surface area (TPSA) is 155 Å². The minimum atomic E-state index is -4.53. The van der Waals surface area contributed by atoms with Crippen molar-refractivity contribution in [1.29, 1.82) is 0 Å². The number of phosphoric acid groups is 1. The Morgan fingerprint density at radius 3 is 2.09 bits per heavy atom. The van der Waals surface area contributed by atoms with Crippen LogP contribution >= 0.6 is 7.82 Å². The number of nitrogen functional groups attached to an aromatic ring is 1. The lowest BCUT2D eigenvalue weighted by Gasteiger charge is -2.32. The number of alkyl halides is 1. The molecule has 0 radical (unpaired) electrons. The zero-order valence-corrected chi connectivity index (χ0v) is 19.5. The highest BCUT2D eigenvalue weighted by Crippen LogP contribution is 2.50. The molecule has 2 aromatic carbocycles. The van der Waals surface area contributed by atoms with Crippen molar-refractivity contribution in [3.63, 3.8) is 0 Å². The van der Waals surface area contributed by atoms with Crippen LogP contribution in [0.3, 0.4) is 0 Å². The number of nitrogens with zero attached hydrogens (tertiary/aromatic N) is 2. The molecule has 3 rings (SSSR count). The Labute approximate surface area is 200 Å². The fourth-order valence-electron chi connectivity index (χ4n) is 2.77. The number of aliphatic hydroxyl groups is 2. The zero-order chi connectivity index (χ0) is 25.5. The van der Waals surface area contributed by atoms with Gasteiger partial charge in [0.25, 0.3) is 5.85 Å². The first kappa shape index (κ1) is 26.3. The number of benzene rings is 2. The van der Waals surface area contributed by atoms with Crippen molar-refractivity contribution in [2.75, 3.05) is 18.9 Å². The minimum absolute atomic E-state index is 0.0922. The SMILES string of the molecule is C[C@H](O)[C@@](F)(COP(=O)(Oc1ccccc1)Oc1ccccc1)O[C@H](CO)n1ccc(N)nc1=O.